The normalized spacial score (nSPS) is 16.5. The van der Waals surface area contributed by atoms with E-state index in [1.165, 1.54) is 12.0 Å². The van der Waals surface area contributed by atoms with E-state index in [1.54, 1.807) is 12.4 Å². The number of nitrogens with zero attached hydrogens (tertiary/aromatic N) is 3. The quantitative estimate of drug-likeness (QED) is 0.338. The standard InChI is InChI=1S/C19H23N7O/c20-19(27)21-11-17-15(10-23-26-17)18(12-4-2-1-3-5-12)24-14-6-7-16-13(8-14)9-22-25-16/h4,6-10,19,21,27H,1-3,5,11,20H2,(H,22,25)(H,23,26). The van der Waals surface area contributed by atoms with E-state index in [-0.39, 0.29) is 0 Å². The Morgan fingerprint density at radius 1 is 1.26 bits per heavy atom. The molecule has 8 heteroatoms. The van der Waals surface area contributed by atoms with Crippen LogP contribution >= 0.6 is 0 Å². The predicted octanol–water partition coefficient (Wildman–Crippen LogP) is 2.23. The molecule has 8 nitrogen and oxygen atoms in total. The molecule has 0 aliphatic heterocycles. The number of rotatable bonds is 6. The van der Waals surface area contributed by atoms with Gasteiger partial charge in [0.25, 0.3) is 0 Å². The smallest absolute Gasteiger partial charge is 0.158 e. The van der Waals surface area contributed by atoms with E-state index < -0.39 is 6.35 Å². The van der Waals surface area contributed by atoms with Gasteiger partial charge < -0.3 is 5.11 Å². The molecule has 1 aliphatic carbocycles. The number of allylic oxidation sites excluding steroid dienone is 2. The molecule has 1 atom stereocenters. The number of aliphatic hydroxyl groups is 1. The fourth-order valence-electron chi connectivity index (χ4n) is 3.35. The average Bonchev–Trinajstić information content (AvgIpc) is 3.33. The number of nitrogens with two attached hydrogens (primary N) is 1. The summed E-state index contributed by atoms with van der Waals surface area (Å²) < 4.78 is 0. The van der Waals surface area contributed by atoms with Crippen molar-refractivity contribution in [2.24, 2.45) is 10.7 Å². The van der Waals surface area contributed by atoms with Gasteiger partial charge in [-0.15, -0.1) is 0 Å². The third-order valence-corrected chi connectivity index (χ3v) is 4.72. The minimum Gasteiger partial charge on any atom is -0.366 e. The fourth-order valence-corrected chi connectivity index (χ4v) is 3.35. The number of H-pyrrole nitrogens is 2. The van der Waals surface area contributed by atoms with Crippen LogP contribution in [-0.2, 0) is 6.54 Å². The number of aliphatic imine (C=N–C) groups is 1. The number of hydrogen-bond donors (Lipinski definition) is 5. The van der Waals surface area contributed by atoms with Crippen molar-refractivity contribution in [3.63, 3.8) is 0 Å². The highest BCUT2D eigenvalue weighted by Crippen LogP contribution is 2.27. The first kappa shape index (κ1) is 17.6. The zero-order valence-corrected chi connectivity index (χ0v) is 14.9. The van der Waals surface area contributed by atoms with Crippen LogP contribution < -0.4 is 11.1 Å². The van der Waals surface area contributed by atoms with Crippen molar-refractivity contribution in [1.82, 2.24) is 25.7 Å². The Labute approximate surface area is 156 Å². The molecular weight excluding hydrogens is 342 g/mol. The second-order valence-electron chi connectivity index (χ2n) is 6.67. The van der Waals surface area contributed by atoms with Crippen molar-refractivity contribution < 1.29 is 5.11 Å². The molecule has 0 amide bonds. The molecule has 2 heterocycles. The second kappa shape index (κ2) is 7.83. The van der Waals surface area contributed by atoms with Crippen LogP contribution in [0.25, 0.3) is 10.9 Å². The summed E-state index contributed by atoms with van der Waals surface area (Å²) >= 11 is 0. The summed E-state index contributed by atoms with van der Waals surface area (Å²) in [5.74, 6) is 0. The van der Waals surface area contributed by atoms with Crippen molar-refractivity contribution >= 4 is 22.3 Å². The molecule has 2 aromatic heterocycles. The topological polar surface area (TPSA) is 128 Å². The largest absolute Gasteiger partial charge is 0.366 e. The van der Waals surface area contributed by atoms with E-state index in [0.717, 1.165) is 52.8 Å². The SMILES string of the molecule is NC(O)NCc1[nH]ncc1C(=Nc1ccc2[nH]ncc2c1)C1=CCCCC1. The second-order valence-corrected chi connectivity index (χ2v) is 6.67. The number of nitrogens with one attached hydrogen (secondary N) is 3. The Morgan fingerprint density at radius 2 is 2.15 bits per heavy atom. The molecule has 0 radical (unpaired) electrons. The lowest BCUT2D eigenvalue weighted by Gasteiger charge is -2.16. The van der Waals surface area contributed by atoms with E-state index in [1.807, 2.05) is 18.2 Å². The highest BCUT2D eigenvalue weighted by atomic mass is 16.3. The van der Waals surface area contributed by atoms with Gasteiger partial charge >= 0.3 is 0 Å². The van der Waals surface area contributed by atoms with Crippen molar-refractivity contribution in [3.8, 4) is 0 Å². The lowest BCUT2D eigenvalue weighted by Crippen LogP contribution is -2.36. The first-order chi connectivity index (χ1) is 13.2. The van der Waals surface area contributed by atoms with Gasteiger partial charge in [0.05, 0.1) is 35.0 Å². The molecule has 4 rings (SSSR count). The number of fused-ring (bicyclic) bond motifs is 1. The zero-order valence-electron chi connectivity index (χ0n) is 14.9. The first-order valence-corrected chi connectivity index (χ1v) is 9.11. The molecule has 3 aromatic rings. The van der Waals surface area contributed by atoms with Crippen LogP contribution in [-0.4, -0.2) is 37.6 Å². The van der Waals surface area contributed by atoms with E-state index in [2.05, 4.69) is 31.8 Å². The summed E-state index contributed by atoms with van der Waals surface area (Å²) in [4.78, 5) is 4.97. The molecule has 0 saturated heterocycles. The van der Waals surface area contributed by atoms with Crippen LogP contribution in [0.3, 0.4) is 0 Å². The Balaban J connectivity index is 1.75. The summed E-state index contributed by atoms with van der Waals surface area (Å²) in [5.41, 5.74) is 11.2. The van der Waals surface area contributed by atoms with Crippen LogP contribution in [0.2, 0.25) is 0 Å². The van der Waals surface area contributed by atoms with Crippen molar-refractivity contribution in [3.05, 3.63) is 53.5 Å². The van der Waals surface area contributed by atoms with Crippen LogP contribution in [0.4, 0.5) is 5.69 Å². The van der Waals surface area contributed by atoms with Gasteiger partial charge in [0.1, 0.15) is 0 Å². The average molecular weight is 365 g/mol. The minimum atomic E-state index is -1.08. The van der Waals surface area contributed by atoms with Gasteiger partial charge in [-0.25, -0.2) is 4.99 Å². The number of aromatic amines is 2. The third-order valence-electron chi connectivity index (χ3n) is 4.72. The molecule has 1 aromatic carbocycles. The van der Waals surface area contributed by atoms with E-state index in [0.29, 0.717) is 6.54 Å². The lowest BCUT2D eigenvalue weighted by molar-refractivity contribution is 0.142. The Hall–Kier alpha value is -2.81. The maximum Gasteiger partial charge on any atom is 0.158 e. The van der Waals surface area contributed by atoms with Gasteiger partial charge in [-0.2, -0.15) is 10.2 Å². The van der Waals surface area contributed by atoms with Crippen LogP contribution in [0.15, 0.2) is 47.2 Å². The Kier molecular flexibility index (Phi) is 5.10. The van der Waals surface area contributed by atoms with Gasteiger partial charge in [0, 0.05) is 17.5 Å². The molecular formula is C19H23N7O. The maximum absolute atomic E-state index is 9.33. The molecule has 0 spiro atoms. The van der Waals surface area contributed by atoms with Crippen LogP contribution in [0.1, 0.15) is 36.9 Å². The van der Waals surface area contributed by atoms with Gasteiger partial charge in [-0.3, -0.25) is 21.2 Å². The van der Waals surface area contributed by atoms with E-state index in [9.17, 15) is 5.11 Å². The number of hydrogen-bond acceptors (Lipinski definition) is 6. The Morgan fingerprint density at radius 3 is 2.96 bits per heavy atom. The third kappa shape index (κ3) is 3.97. The summed E-state index contributed by atoms with van der Waals surface area (Å²) in [5, 5.41) is 27.4. The Bertz CT molecular complexity index is 983. The summed E-state index contributed by atoms with van der Waals surface area (Å²) in [6.07, 6.45) is 9.16. The van der Waals surface area contributed by atoms with Crippen LogP contribution in [0, 0.1) is 0 Å². The number of aliphatic hydroxyl groups excluding tert-OH is 1. The maximum atomic E-state index is 9.33. The first-order valence-electron chi connectivity index (χ1n) is 9.11. The molecule has 6 N–H and O–H groups in total. The van der Waals surface area contributed by atoms with E-state index in [4.69, 9.17) is 10.7 Å². The molecule has 1 aliphatic rings. The highest BCUT2D eigenvalue weighted by molar-refractivity contribution is 6.14. The predicted molar refractivity (Wildman–Crippen MR) is 104 cm³/mol. The van der Waals surface area contributed by atoms with Crippen molar-refractivity contribution in [2.75, 3.05) is 0 Å². The summed E-state index contributed by atoms with van der Waals surface area (Å²) in [7, 11) is 0. The molecule has 1 unspecified atom stereocenters. The fraction of sp³-hybridized carbons (Fsp3) is 0.316. The number of aromatic nitrogens is 4. The number of benzene rings is 1. The zero-order chi connectivity index (χ0) is 18.6. The monoisotopic (exact) mass is 365 g/mol. The summed E-state index contributed by atoms with van der Waals surface area (Å²) in [6.45, 7) is 0.375. The highest BCUT2D eigenvalue weighted by Gasteiger charge is 2.18. The molecule has 0 fully saturated rings. The molecule has 0 bridgehead atoms. The van der Waals surface area contributed by atoms with Crippen LogP contribution in [0.5, 0.6) is 0 Å². The molecule has 27 heavy (non-hydrogen) atoms. The van der Waals surface area contributed by atoms with Gasteiger partial charge in [-0.1, -0.05) is 6.08 Å². The van der Waals surface area contributed by atoms with Crippen molar-refractivity contribution in [2.45, 2.75) is 38.6 Å². The summed E-state index contributed by atoms with van der Waals surface area (Å²) in [6, 6.07) is 5.98. The minimum absolute atomic E-state index is 0.375. The van der Waals surface area contributed by atoms with Gasteiger partial charge in [0.15, 0.2) is 6.35 Å². The van der Waals surface area contributed by atoms with Crippen molar-refractivity contribution in [1.29, 1.82) is 0 Å². The van der Waals surface area contributed by atoms with Gasteiger partial charge in [-0.05, 0) is 49.5 Å². The lowest BCUT2D eigenvalue weighted by atomic mass is 9.92. The molecule has 140 valence electrons. The molecule has 0 saturated carbocycles. The van der Waals surface area contributed by atoms with E-state index >= 15 is 0 Å². The van der Waals surface area contributed by atoms with Gasteiger partial charge in [0.2, 0.25) is 0 Å².